The van der Waals surface area contributed by atoms with Crippen LogP contribution in [0.2, 0.25) is 0 Å². The number of rotatable bonds is 4. The monoisotopic (exact) mass is 323 g/mol. The molecular weight excluding hydrogens is 310 g/mol. The second-order valence-electron chi connectivity index (χ2n) is 4.21. The van der Waals surface area contributed by atoms with Crippen molar-refractivity contribution in [2.75, 3.05) is 16.8 Å². The zero-order valence-electron chi connectivity index (χ0n) is 8.80. The van der Waals surface area contributed by atoms with E-state index in [-0.39, 0.29) is 0 Å². The molecule has 2 rings (SSSR count). The van der Waals surface area contributed by atoms with Gasteiger partial charge in [-0.3, -0.25) is 0 Å². The number of hydrogen-bond donors (Lipinski definition) is 0. The molecule has 0 spiro atoms. The normalized spacial score (nSPS) is 25.7. The van der Waals surface area contributed by atoms with Gasteiger partial charge in [-0.25, -0.2) is 13.4 Å². The van der Waals surface area contributed by atoms with Crippen molar-refractivity contribution in [1.82, 2.24) is 4.98 Å². The lowest BCUT2D eigenvalue weighted by Gasteiger charge is -2.18. The van der Waals surface area contributed by atoms with Gasteiger partial charge in [0.1, 0.15) is 0 Å². The molecule has 2 atom stereocenters. The van der Waals surface area contributed by atoms with Gasteiger partial charge in [0.25, 0.3) is 0 Å². The molecule has 0 saturated carbocycles. The average molecular weight is 324 g/mol. The number of hydrogen-bond acceptors (Lipinski definition) is 4. The van der Waals surface area contributed by atoms with Crippen LogP contribution < -0.4 is 0 Å². The highest BCUT2D eigenvalue weighted by Crippen LogP contribution is 2.30. The van der Waals surface area contributed by atoms with Crippen molar-refractivity contribution in [3.05, 3.63) is 16.6 Å². The molecule has 1 aliphatic heterocycles. The van der Waals surface area contributed by atoms with E-state index in [1.165, 1.54) is 0 Å². The fraction of sp³-hybridized carbons (Fsp3) is 0.700. The molecule has 2 unspecified atom stereocenters. The maximum atomic E-state index is 11.4. The minimum absolute atomic E-state index is 0.299. The molecule has 0 aliphatic carbocycles. The van der Waals surface area contributed by atoms with Crippen LogP contribution in [0.15, 0.2) is 11.6 Å². The summed E-state index contributed by atoms with van der Waals surface area (Å²) in [6.45, 7) is 0. The standard InChI is InChI=1S/C10H14BrNO2S2/c11-6-9(5-10-12-2-3-15-10)8-1-4-16(13,14)7-8/h2-3,8-9H,1,4-7H2. The van der Waals surface area contributed by atoms with Crippen molar-refractivity contribution in [2.45, 2.75) is 12.8 Å². The zero-order chi connectivity index (χ0) is 11.6. The molecule has 1 aromatic rings. The lowest BCUT2D eigenvalue weighted by molar-refractivity contribution is 0.401. The second-order valence-corrected chi connectivity index (χ2v) is 8.06. The van der Waals surface area contributed by atoms with E-state index in [4.69, 9.17) is 0 Å². The molecule has 1 fully saturated rings. The smallest absolute Gasteiger partial charge is 0.150 e. The predicted octanol–water partition coefficient (Wildman–Crippen LogP) is 2.13. The third-order valence-electron chi connectivity index (χ3n) is 3.05. The maximum absolute atomic E-state index is 11.4. The largest absolute Gasteiger partial charge is 0.250 e. The Kier molecular flexibility index (Phi) is 4.02. The van der Waals surface area contributed by atoms with Crippen LogP contribution in [0.5, 0.6) is 0 Å². The van der Waals surface area contributed by atoms with E-state index in [0.29, 0.717) is 23.3 Å². The van der Waals surface area contributed by atoms with Gasteiger partial charge in [0.2, 0.25) is 0 Å². The Morgan fingerprint density at radius 3 is 2.94 bits per heavy atom. The quantitative estimate of drug-likeness (QED) is 0.797. The molecule has 0 aromatic carbocycles. The molecule has 2 heterocycles. The van der Waals surface area contributed by atoms with Gasteiger partial charge in [-0.2, -0.15) is 0 Å². The van der Waals surface area contributed by atoms with Gasteiger partial charge >= 0.3 is 0 Å². The number of nitrogens with zero attached hydrogens (tertiary/aromatic N) is 1. The molecule has 0 amide bonds. The molecule has 1 saturated heterocycles. The van der Waals surface area contributed by atoms with Crippen LogP contribution >= 0.6 is 27.3 Å². The minimum Gasteiger partial charge on any atom is -0.250 e. The highest BCUT2D eigenvalue weighted by atomic mass is 79.9. The van der Waals surface area contributed by atoms with Crippen LogP contribution in [0.4, 0.5) is 0 Å². The molecule has 6 heteroatoms. The topological polar surface area (TPSA) is 47.0 Å². The van der Waals surface area contributed by atoms with Gasteiger partial charge < -0.3 is 0 Å². The second kappa shape index (κ2) is 5.14. The van der Waals surface area contributed by atoms with Gasteiger partial charge in [-0.05, 0) is 18.3 Å². The summed E-state index contributed by atoms with van der Waals surface area (Å²) in [7, 11) is -2.77. The van der Waals surface area contributed by atoms with Crippen LogP contribution in [0.1, 0.15) is 11.4 Å². The minimum atomic E-state index is -2.77. The Hall–Kier alpha value is 0.0600. The molecule has 1 aromatic heterocycles. The maximum Gasteiger partial charge on any atom is 0.150 e. The lowest BCUT2D eigenvalue weighted by atomic mass is 9.91. The predicted molar refractivity (Wildman–Crippen MR) is 69.9 cm³/mol. The van der Waals surface area contributed by atoms with Crippen LogP contribution in [0.3, 0.4) is 0 Å². The molecule has 0 radical (unpaired) electrons. The van der Waals surface area contributed by atoms with Gasteiger partial charge in [0.15, 0.2) is 9.84 Å². The van der Waals surface area contributed by atoms with Crippen LogP contribution in [-0.2, 0) is 16.3 Å². The van der Waals surface area contributed by atoms with Crippen molar-refractivity contribution in [3.8, 4) is 0 Å². The van der Waals surface area contributed by atoms with E-state index >= 15 is 0 Å². The Morgan fingerprint density at radius 1 is 1.62 bits per heavy atom. The molecular formula is C10H14BrNO2S2. The summed E-state index contributed by atoms with van der Waals surface area (Å²) in [6, 6.07) is 0. The highest BCUT2D eigenvalue weighted by molar-refractivity contribution is 9.09. The van der Waals surface area contributed by atoms with E-state index in [0.717, 1.165) is 23.2 Å². The molecule has 90 valence electrons. The fourth-order valence-corrected chi connectivity index (χ4v) is 5.51. The van der Waals surface area contributed by atoms with Crippen LogP contribution in [0.25, 0.3) is 0 Å². The van der Waals surface area contributed by atoms with E-state index < -0.39 is 9.84 Å². The van der Waals surface area contributed by atoms with Gasteiger partial charge in [-0.15, -0.1) is 11.3 Å². The molecule has 0 N–H and O–H groups in total. The first-order chi connectivity index (χ1) is 7.61. The number of aromatic nitrogens is 1. The molecule has 16 heavy (non-hydrogen) atoms. The Balaban J connectivity index is 2.01. The van der Waals surface area contributed by atoms with Crippen molar-refractivity contribution >= 4 is 37.1 Å². The Labute approximate surface area is 108 Å². The van der Waals surface area contributed by atoms with Crippen LogP contribution in [0, 0.1) is 11.8 Å². The lowest BCUT2D eigenvalue weighted by Crippen LogP contribution is -2.20. The number of thiazole rings is 1. The number of alkyl halides is 1. The first-order valence-electron chi connectivity index (χ1n) is 5.25. The fourth-order valence-electron chi connectivity index (χ4n) is 2.12. The Morgan fingerprint density at radius 2 is 2.44 bits per heavy atom. The summed E-state index contributed by atoms with van der Waals surface area (Å²) >= 11 is 5.14. The molecule has 3 nitrogen and oxygen atoms in total. The number of halogens is 1. The Bertz CT molecular complexity index is 430. The van der Waals surface area contributed by atoms with E-state index in [2.05, 4.69) is 20.9 Å². The van der Waals surface area contributed by atoms with Gasteiger partial charge in [-0.1, -0.05) is 15.9 Å². The summed E-state index contributed by atoms with van der Waals surface area (Å²) in [4.78, 5) is 4.26. The third kappa shape index (κ3) is 3.05. The molecule has 0 bridgehead atoms. The van der Waals surface area contributed by atoms with Crippen molar-refractivity contribution in [3.63, 3.8) is 0 Å². The summed E-state index contributed by atoms with van der Waals surface area (Å²) in [5, 5.41) is 3.92. The van der Waals surface area contributed by atoms with E-state index in [1.807, 2.05) is 5.38 Å². The third-order valence-corrected chi connectivity index (χ3v) is 6.48. The summed E-state index contributed by atoms with van der Waals surface area (Å²) in [6.07, 6.45) is 3.50. The van der Waals surface area contributed by atoms with Crippen molar-refractivity contribution in [2.24, 2.45) is 11.8 Å². The van der Waals surface area contributed by atoms with Gasteiger partial charge in [0, 0.05) is 23.3 Å². The SMILES string of the molecule is O=S1(=O)CCC(C(CBr)Cc2nccs2)C1. The van der Waals surface area contributed by atoms with E-state index in [1.54, 1.807) is 17.5 Å². The first-order valence-corrected chi connectivity index (χ1v) is 9.08. The van der Waals surface area contributed by atoms with Crippen molar-refractivity contribution < 1.29 is 8.42 Å². The highest BCUT2D eigenvalue weighted by Gasteiger charge is 2.33. The molecule has 1 aliphatic rings. The average Bonchev–Trinajstić information content (AvgIpc) is 2.83. The van der Waals surface area contributed by atoms with Crippen LogP contribution in [-0.4, -0.2) is 30.2 Å². The zero-order valence-corrected chi connectivity index (χ0v) is 12.0. The summed E-state index contributed by atoms with van der Waals surface area (Å²) in [5.41, 5.74) is 0. The van der Waals surface area contributed by atoms with Crippen molar-refractivity contribution in [1.29, 1.82) is 0 Å². The first kappa shape index (κ1) is 12.5. The summed E-state index contributed by atoms with van der Waals surface area (Å²) < 4.78 is 22.9. The van der Waals surface area contributed by atoms with Gasteiger partial charge in [0.05, 0.1) is 16.5 Å². The van der Waals surface area contributed by atoms with E-state index in [9.17, 15) is 8.42 Å². The number of sulfone groups is 1. The summed E-state index contributed by atoms with van der Waals surface area (Å²) in [5.74, 6) is 1.41.